The number of unbranched alkanes of at least 4 members (excludes halogenated alkanes) is 3. The number of hydrogen-bond acceptors (Lipinski definition) is 3. The molecular formula is C19H37NO3. The standard InChI is InChI=1S/C19H37NO3/c1-5-8-11-12-13-18(21)16-20(14-9-6-2,15-10-7-3)17(4)19(22)23/h11-12,17-18,21H,5-10,13-16H2,1-4H3/b12-11+. The van der Waals surface area contributed by atoms with Gasteiger partial charge in [-0.25, -0.2) is 0 Å². The van der Waals surface area contributed by atoms with Crippen LogP contribution in [-0.4, -0.2) is 47.3 Å². The maximum Gasteiger partial charge on any atom is 0.126 e. The van der Waals surface area contributed by atoms with Gasteiger partial charge in [0.1, 0.15) is 18.7 Å². The van der Waals surface area contributed by atoms with Gasteiger partial charge in [-0.3, -0.25) is 0 Å². The first kappa shape index (κ1) is 22.1. The zero-order valence-electron chi connectivity index (χ0n) is 15.6. The monoisotopic (exact) mass is 327 g/mol. The van der Waals surface area contributed by atoms with Crippen molar-refractivity contribution >= 4 is 5.97 Å². The molecule has 0 amide bonds. The molecule has 0 heterocycles. The van der Waals surface area contributed by atoms with Crippen molar-refractivity contribution in [3.8, 4) is 0 Å². The highest BCUT2D eigenvalue weighted by molar-refractivity contribution is 5.69. The molecule has 0 rings (SSSR count). The van der Waals surface area contributed by atoms with Gasteiger partial charge in [-0.15, -0.1) is 0 Å². The van der Waals surface area contributed by atoms with E-state index in [1.807, 2.05) is 6.08 Å². The summed E-state index contributed by atoms with van der Waals surface area (Å²) in [4.78, 5) is 11.5. The van der Waals surface area contributed by atoms with Crippen molar-refractivity contribution in [1.82, 2.24) is 0 Å². The van der Waals surface area contributed by atoms with Crippen LogP contribution in [0.5, 0.6) is 0 Å². The van der Waals surface area contributed by atoms with Crippen LogP contribution in [0.15, 0.2) is 12.2 Å². The van der Waals surface area contributed by atoms with E-state index in [4.69, 9.17) is 0 Å². The van der Waals surface area contributed by atoms with E-state index in [2.05, 4.69) is 26.8 Å². The fourth-order valence-electron chi connectivity index (χ4n) is 3.04. The third kappa shape index (κ3) is 8.52. The van der Waals surface area contributed by atoms with Gasteiger partial charge in [0.05, 0.1) is 19.1 Å². The van der Waals surface area contributed by atoms with Crippen LogP contribution in [0.2, 0.25) is 0 Å². The quantitative estimate of drug-likeness (QED) is 0.394. The van der Waals surface area contributed by atoms with Crippen molar-refractivity contribution in [3.05, 3.63) is 12.2 Å². The zero-order valence-corrected chi connectivity index (χ0v) is 15.6. The Labute approximate surface area is 142 Å². The van der Waals surface area contributed by atoms with Crippen LogP contribution in [0, 0.1) is 0 Å². The minimum atomic E-state index is -1.01. The molecule has 0 aromatic carbocycles. The highest BCUT2D eigenvalue weighted by Crippen LogP contribution is 2.20. The van der Waals surface area contributed by atoms with Gasteiger partial charge in [0.15, 0.2) is 0 Å². The van der Waals surface area contributed by atoms with Crippen molar-refractivity contribution in [2.24, 2.45) is 0 Å². The second-order valence-corrected chi connectivity index (χ2v) is 6.70. The van der Waals surface area contributed by atoms with Crippen molar-refractivity contribution < 1.29 is 19.5 Å². The van der Waals surface area contributed by atoms with Crippen molar-refractivity contribution in [2.75, 3.05) is 19.6 Å². The van der Waals surface area contributed by atoms with E-state index in [0.29, 0.717) is 17.4 Å². The number of aliphatic hydroxyl groups excluding tert-OH is 1. The summed E-state index contributed by atoms with van der Waals surface area (Å²) < 4.78 is 0.437. The first-order chi connectivity index (χ1) is 10.9. The highest BCUT2D eigenvalue weighted by Gasteiger charge is 2.35. The van der Waals surface area contributed by atoms with E-state index in [1.54, 1.807) is 6.92 Å². The highest BCUT2D eigenvalue weighted by atomic mass is 16.4. The van der Waals surface area contributed by atoms with Crippen LogP contribution >= 0.6 is 0 Å². The largest absolute Gasteiger partial charge is 0.544 e. The van der Waals surface area contributed by atoms with E-state index >= 15 is 0 Å². The summed E-state index contributed by atoms with van der Waals surface area (Å²) >= 11 is 0. The van der Waals surface area contributed by atoms with Gasteiger partial charge in [0, 0.05) is 0 Å². The molecule has 0 spiro atoms. The second-order valence-electron chi connectivity index (χ2n) is 6.70. The summed E-state index contributed by atoms with van der Waals surface area (Å²) in [5.74, 6) is -1.01. The average molecular weight is 328 g/mol. The lowest BCUT2D eigenvalue weighted by atomic mass is 10.1. The molecule has 2 atom stereocenters. The van der Waals surface area contributed by atoms with Gasteiger partial charge in [-0.2, -0.15) is 0 Å². The maximum atomic E-state index is 11.5. The van der Waals surface area contributed by atoms with Gasteiger partial charge in [-0.1, -0.05) is 52.2 Å². The number of aliphatic carboxylic acids is 1. The molecule has 0 radical (unpaired) electrons. The Morgan fingerprint density at radius 3 is 2.09 bits per heavy atom. The molecule has 0 aliphatic carbocycles. The van der Waals surface area contributed by atoms with Gasteiger partial charge in [0.2, 0.25) is 0 Å². The molecule has 0 aromatic rings. The van der Waals surface area contributed by atoms with E-state index in [1.165, 1.54) is 0 Å². The lowest BCUT2D eigenvalue weighted by molar-refractivity contribution is -0.946. The molecule has 136 valence electrons. The van der Waals surface area contributed by atoms with E-state index in [0.717, 1.165) is 51.6 Å². The maximum absolute atomic E-state index is 11.5. The molecule has 1 N–H and O–H groups in total. The first-order valence-electron chi connectivity index (χ1n) is 9.33. The Hall–Kier alpha value is -0.870. The van der Waals surface area contributed by atoms with Gasteiger partial charge in [0.25, 0.3) is 0 Å². The van der Waals surface area contributed by atoms with Crippen molar-refractivity contribution in [1.29, 1.82) is 0 Å². The lowest BCUT2D eigenvalue weighted by Crippen LogP contribution is -2.63. The minimum absolute atomic E-state index is 0.437. The molecule has 0 saturated carbocycles. The number of carbonyl (C=O) groups excluding carboxylic acids is 1. The van der Waals surface area contributed by atoms with Crippen LogP contribution in [0.3, 0.4) is 0 Å². The fraction of sp³-hybridized carbons (Fsp3) is 0.842. The fourth-order valence-corrected chi connectivity index (χ4v) is 3.04. The molecule has 0 fully saturated rings. The first-order valence-corrected chi connectivity index (χ1v) is 9.33. The molecule has 0 saturated heterocycles. The molecule has 4 nitrogen and oxygen atoms in total. The van der Waals surface area contributed by atoms with Crippen LogP contribution in [-0.2, 0) is 4.79 Å². The number of carboxylic acids is 1. The molecule has 2 unspecified atom stereocenters. The summed E-state index contributed by atoms with van der Waals surface area (Å²) in [6.07, 6.45) is 10.3. The topological polar surface area (TPSA) is 60.4 Å². The summed E-state index contributed by atoms with van der Waals surface area (Å²) in [5.41, 5.74) is 0. The predicted molar refractivity (Wildman–Crippen MR) is 93.8 cm³/mol. The third-order valence-electron chi connectivity index (χ3n) is 4.68. The van der Waals surface area contributed by atoms with Crippen molar-refractivity contribution in [3.63, 3.8) is 0 Å². The van der Waals surface area contributed by atoms with Gasteiger partial charge < -0.3 is 19.5 Å². The molecule has 4 heteroatoms. The third-order valence-corrected chi connectivity index (χ3v) is 4.68. The van der Waals surface area contributed by atoms with Crippen LogP contribution in [0.1, 0.15) is 72.6 Å². The summed E-state index contributed by atoms with van der Waals surface area (Å²) in [5, 5.41) is 22.0. The van der Waals surface area contributed by atoms with E-state index < -0.39 is 18.1 Å². The molecule has 0 aliphatic rings. The molecule has 0 bridgehead atoms. The average Bonchev–Trinajstić information content (AvgIpc) is 2.53. The van der Waals surface area contributed by atoms with Crippen LogP contribution in [0.25, 0.3) is 0 Å². The van der Waals surface area contributed by atoms with Crippen molar-refractivity contribution in [2.45, 2.75) is 84.8 Å². The smallest absolute Gasteiger partial charge is 0.126 e. The Morgan fingerprint density at radius 2 is 1.65 bits per heavy atom. The molecule has 23 heavy (non-hydrogen) atoms. The summed E-state index contributed by atoms with van der Waals surface area (Å²) in [7, 11) is 0. The number of hydrogen-bond donors (Lipinski definition) is 1. The number of carboxylic acid groups (broad SMARTS) is 1. The summed E-state index contributed by atoms with van der Waals surface area (Å²) in [6.45, 7) is 10.2. The molecule has 0 aromatic heterocycles. The summed E-state index contributed by atoms with van der Waals surface area (Å²) in [6, 6.07) is -0.581. The molecular weight excluding hydrogens is 290 g/mol. The Kier molecular flexibility index (Phi) is 12.1. The Morgan fingerprint density at radius 1 is 1.09 bits per heavy atom. The minimum Gasteiger partial charge on any atom is -0.544 e. The van der Waals surface area contributed by atoms with Gasteiger partial charge in [-0.05, 0) is 32.6 Å². The number of quaternary nitrogens is 1. The molecule has 0 aliphatic heterocycles. The van der Waals surface area contributed by atoms with Gasteiger partial charge >= 0.3 is 0 Å². The number of nitrogens with zero attached hydrogens (tertiary/aromatic N) is 1. The number of rotatable bonds is 14. The predicted octanol–water partition coefficient (Wildman–Crippen LogP) is 2.65. The number of carbonyl (C=O) groups is 1. The zero-order chi connectivity index (χ0) is 17.7. The lowest BCUT2D eigenvalue weighted by Gasteiger charge is -2.45. The SMILES string of the molecule is CCC/C=C/CC(O)C[N+](CCCC)(CCCC)C(C)C(=O)[O-]. The second kappa shape index (κ2) is 12.5. The van der Waals surface area contributed by atoms with Crippen LogP contribution in [0.4, 0.5) is 0 Å². The Bertz CT molecular complexity index is 334. The van der Waals surface area contributed by atoms with Crippen LogP contribution < -0.4 is 5.11 Å². The number of allylic oxidation sites excluding steroid dienone is 1. The Balaban J connectivity index is 5.06. The normalized spacial score (nSPS) is 15.0. The van der Waals surface area contributed by atoms with E-state index in [9.17, 15) is 15.0 Å². The number of aliphatic hydroxyl groups is 1. The van der Waals surface area contributed by atoms with E-state index in [-0.39, 0.29) is 0 Å².